The smallest absolute Gasteiger partial charge is 0.0654 e. The second kappa shape index (κ2) is 49.0. The van der Waals surface area contributed by atoms with Crippen molar-refractivity contribution in [3.8, 4) is 0 Å². The zero-order valence-electron chi connectivity index (χ0n) is 39.3. The molecule has 0 atom stereocenters. The molecule has 0 fully saturated rings. The van der Waals surface area contributed by atoms with Crippen LogP contribution < -0.4 is 0 Å². The first-order valence-electron chi connectivity index (χ1n) is 26.1. The van der Waals surface area contributed by atoms with E-state index in [4.69, 9.17) is 8.06 Å². The summed E-state index contributed by atoms with van der Waals surface area (Å²) in [4.78, 5) is 38.3. The van der Waals surface area contributed by atoms with Gasteiger partial charge in [-0.25, -0.2) is 0 Å². The van der Waals surface area contributed by atoms with Crippen LogP contribution in [0.15, 0.2) is 0 Å². The first-order valence-corrected chi connectivity index (χ1v) is 31.6. The van der Waals surface area contributed by atoms with Gasteiger partial charge in [0.05, 0.1) is 0 Å². The zero-order chi connectivity index (χ0) is 42.3. The Bertz CT molecular complexity index is 757. The third-order valence-electron chi connectivity index (χ3n) is 11.9. The minimum absolute atomic E-state index is 0.293. The van der Waals surface area contributed by atoms with Gasteiger partial charge in [0.2, 0.25) is 0 Å². The Kier molecular flexibility index (Phi) is 48.4. The molecular formula is C51H99O6Tl. The molecule has 0 aliphatic carbocycles. The van der Waals surface area contributed by atoms with Gasteiger partial charge in [-0.2, -0.15) is 0 Å². The average molecular weight is 1010 g/mol. The van der Waals surface area contributed by atoms with Gasteiger partial charge < -0.3 is 0 Å². The fourth-order valence-corrected chi connectivity index (χ4v) is 12.4. The van der Waals surface area contributed by atoms with Gasteiger partial charge in [0.1, 0.15) is 0 Å². The van der Waals surface area contributed by atoms with E-state index in [-0.39, 0.29) is 17.9 Å². The van der Waals surface area contributed by atoms with E-state index in [0.717, 1.165) is 57.8 Å². The summed E-state index contributed by atoms with van der Waals surface area (Å²) in [6, 6.07) is 0. The van der Waals surface area contributed by atoms with E-state index in [0.29, 0.717) is 19.3 Å². The third kappa shape index (κ3) is 46.4. The molecule has 0 aliphatic heterocycles. The zero-order valence-corrected chi connectivity index (χ0v) is 43.8. The molecule has 0 heterocycles. The van der Waals surface area contributed by atoms with Crippen molar-refractivity contribution < 1.29 is 22.4 Å². The summed E-state index contributed by atoms with van der Waals surface area (Å²) in [5, 5.41) is 0. The van der Waals surface area contributed by atoms with E-state index >= 15 is 0 Å². The predicted octanol–water partition coefficient (Wildman–Crippen LogP) is 17.2. The van der Waals surface area contributed by atoms with Crippen LogP contribution in [0.1, 0.15) is 310 Å². The van der Waals surface area contributed by atoms with Crippen LogP contribution in [0.25, 0.3) is 0 Å². The minimum Gasteiger partial charge on any atom is -0.0654 e. The van der Waals surface area contributed by atoms with Gasteiger partial charge in [-0.3, -0.25) is 0 Å². The maximum atomic E-state index is 12.8. The predicted molar refractivity (Wildman–Crippen MR) is 249 cm³/mol. The molecule has 0 radical (unpaired) electrons. The summed E-state index contributed by atoms with van der Waals surface area (Å²) in [5.74, 6) is -1.13. The maximum absolute atomic E-state index is 12.8. The van der Waals surface area contributed by atoms with E-state index < -0.39 is 24.1 Å². The van der Waals surface area contributed by atoms with E-state index in [9.17, 15) is 14.4 Å². The van der Waals surface area contributed by atoms with Crippen molar-refractivity contribution in [2.24, 2.45) is 0 Å². The molecule has 342 valence electrons. The van der Waals surface area contributed by atoms with E-state index in [2.05, 4.69) is 20.8 Å². The summed E-state index contributed by atoms with van der Waals surface area (Å²) >= 11 is -4.22. The van der Waals surface area contributed by atoms with Crippen molar-refractivity contribution >= 4 is 42.0 Å². The van der Waals surface area contributed by atoms with E-state index in [1.807, 2.05) is 0 Å². The van der Waals surface area contributed by atoms with Crippen LogP contribution in [0.3, 0.4) is 0 Å². The molecule has 0 spiro atoms. The van der Waals surface area contributed by atoms with Gasteiger partial charge >= 0.3 is 257 Å². The van der Waals surface area contributed by atoms with Crippen molar-refractivity contribution in [1.29, 1.82) is 0 Å². The Morgan fingerprint density at radius 3 is 0.534 bits per heavy atom. The summed E-state index contributed by atoms with van der Waals surface area (Å²) in [5.41, 5.74) is 0. The summed E-state index contributed by atoms with van der Waals surface area (Å²) in [6.45, 7) is 6.81. The standard InChI is InChI=1S/3C17H34O2.Tl/c3*1-2-3-4-5-6-7-8-9-10-11-12-13-14-15-16-17(18)19;/h3*2-16H2,1H3,(H,18,19);/q;;;+3/p-3. The second-order valence-corrected chi connectivity index (χ2v) is 22.8. The minimum atomic E-state index is -4.22. The molecule has 0 aliphatic rings. The Morgan fingerprint density at radius 1 is 0.241 bits per heavy atom. The fourth-order valence-electron chi connectivity index (χ4n) is 7.96. The SMILES string of the molecule is CCCCCCCCCCCCCCCCC(=O)[O][Tl]([O]C(=O)CCCCCCCCCCCCCCCC)[O]C(=O)CCCCCCCCCCCCCCCC. The Morgan fingerprint density at radius 2 is 0.379 bits per heavy atom. The average Bonchev–Trinajstić information content (AvgIpc) is 3.21. The van der Waals surface area contributed by atoms with Crippen LogP contribution in [0.5, 0.6) is 0 Å². The molecule has 0 rings (SSSR count). The Hall–Kier alpha value is -0.668. The van der Waals surface area contributed by atoms with Crippen molar-refractivity contribution in [2.75, 3.05) is 0 Å². The molecular weight excluding hydrogens is 913 g/mol. The number of unbranched alkanes of at least 4 members (excludes halogenated alkanes) is 39. The molecule has 0 saturated carbocycles. The summed E-state index contributed by atoms with van der Waals surface area (Å²) < 4.78 is 17.0. The normalized spacial score (nSPS) is 11.2. The molecule has 0 aromatic carbocycles. The second-order valence-electron chi connectivity index (χ2n) is 17.8. The molecule has 0 amide bonds. The molecule has 7 heteroatoms. The summed E-state index contributed by atoms with van der Waals surface area (Å²) in [7, 11) is 0. The summed E-state index contributed by atoms with van der Waals surface area (Å²) in [6.07, 6.45) is 53.7. The monoisotopic (exact) mass is 1010 g/mol. The molecule has 0 aromatic rings. The third-order valence-corrected chi connectivity index (χ3v) is 17.2. The van der Waals surface area contributed by atoms with Crippen molar-refractivity contribution in [2.45, 2.75) is 310 Å². The molecule has 0 aromatic heterocycles. The van der Waals surface area contributed by atoms with E-state index in [1.54, 1.807) is 0 Å². The number of hydrogen-bond acceptors (Lipinski definition) is 6. The number of carbonyl (C=O) groups excluding carboxylic acids is 3. The van der Waals surface area contributed by atoms with Crippen LogP contribution in [0.4, 0.5) is 0 Å². The number of rotatable bonds is 48. The van der Waals surface area contributed by atoms with Crippen molar-refractivity contribution in [3.63, 3.8) is 0 Å². The van der Waals surface area contributed by atoms with Gasteiger partial charge in [-0.15, -0.1) is 0 Å². The van der Waals surface area contributed by atoms with Crippen LogP contribution in [0, 0.1) is 0 Å². The quantitative estimate of drug-likeness (QED) is 0.0446. The molecule has 0 unspecified atom stereocenters. The first-order chi connectivity index (χ1) is 28.5. The Labute approximate surface area is 372 Å². The van der Waals surface area contributed by atoms with Crippen LogP contribution in [-0.4, -0.2) is 42.0 Å². The fraction of sp³-hybridized carbons (Fsp3) is 0.941. The van der Waals surface area contributed by atoms with Crippen LogP contribution >= 0.6 is 0 Å². The molecule has 0 saturated heterocycles. The molecule has 0 N–H and O–H groups in total. The van der Waals surface area contributed by atoms with Crippen molar-refractivity contribution in [1.82, 2.24) is 0 Å². The van der Waals surface area contributed by atoms with Crippen LogP contribution in [0.2, 0.25) is 0 Å². The number of carbonyl (C=O) groups is 3. The van der Waals surface area contributed by atoms with Crippen molar-refractivity contribution in [3.05, 3.63) is 0 Å². The van der Waals surface area contributed by atoms with Gasteiger partial charge in [0.25, 0.3) is 0 Å². The first kappa shape index (κ1) is 57.3. The van der Waals surface area contributed by atoms with Gasteiger partial charge in [0.15, 0.2) is 0 Å². The van der Waals surface area contributed by atoms with E-state index in [1.165, 1.54) is 212 Å². The Balaban J connectivity index is 4.32. The molecule has 6 nitrogen and oxygen atoms in total. The molecule has 58 heavy (non-hydrogen) atoms. The van der Waals surface area contributed by atoms with Gasteiger partial charge in [0, 0.05) is 0 Å². The van der Waals surface area contributed by atoms with Gasteiger partial charge in [-0.05, 0) is 0 Å². The van der Waals surface area contributed by atoms with Crippen LogP contribution in [-0.2, 0) is 22.4 Å². The topological polar surface area (TPSA) is 78.9 Å². The van der Waals surface area contributed by atoms with Gasteiger partial charge in [-0.1, -0.05) is 117 Å². The molecule has 0 bridgehead atoms. The number of hydrogen-bond donors (Lipinski definition) is 0.